The van der Waals surface area contributed by atoms with E-state index < -0.39 is 23.5 Å². The number of carbonyl (C=O) groups is 3. The lowest BCUT2D eigenvalue weighted by Crippen LogP contribution is -2.35. The van der Waals surface area contributed by atoms with Crippen LogP contribution < -0.4 is 25.2 Å². The number of nitrogens with zero attached hydrogens (tertiary/aromatic N) is 1. The Bertz CT molecular complexity index is 1330. The topological polar surface area (TPSA) is 97.0 Å². The zero-order valence-corrected chi connectivity index (χ0v) is 20.5. The molecule has 35 heavy (non-hydrogen) atoms. The molecule has 3 amide bonds. The van der Waals surface area contributed by atoms with Crippen LogP contribution in [0.3, 0.4) is 0 Å². The molecular formula is C25H19FIN3O5. The minimum absolute atomic E-state index is 0.0326. The average Bonchev–Trinajstić information content (AvgIpc) is 3.12. The van der Waals surface area contributed by atoms with E-state index in [2.05, 4.69) is 10.7 Å². The summed E-state index contributed by atoms with van der Waals surface area (Å²) in [5.74, 6) is -1.32. The van der Waals surface area contributed by atoms with E-state index in [0.29, 0.717) is 32.0 Å². The number of hydrogen-bond acceptors (Lipinski definition) is 5. The van der Waals surface area contributed by atoms with Gasteiger partial charge in [0.05, 0.1) is 16.4 Å². The summed E-state index contributed by atoms with van der Waals surface area (Å²) >= 11 is 2.01. The zero-order valence-electron chi connectivity index (χ0n) is 18.4. The number of benzene rings is 3. The second kappa shape index (κ2) is 10.6. The average molecular weight is 587 g/mol. The molecule has 1 aliphatic heterocycles. The Morgan fingerprint density at radius 1 is 1.11 bits per heavy atom. The third-order valence-electron chi connectivity index (χ3n) is 4.92. The largest absolute Gasteiger partial charge is 0.493 e. The number of rotatable bonds is 7. The quantitative estimate of drug-likeness (QED) is 0.248. The highest BCUT2D eigenvalue weighted by atomic mass is 127. The highest BCUT2D eigenvalue weighted by molar-refractivity contribution is 14.1. The van der Waals surface area contributed by atoms with Gasteiger partial charge in [0, 0.05) is 5.69 Å². The first-order valence-corrected chi connectivity index (χ1v) is 11.4. The third kappa shape index (κ3) is 5.60. The van der Waals surface area contributed by atoms with Gasteiger partial charge in [-0.05, 0) is 76.7 Å². The summed E-state index contributed by atoms with van der Waals surface area (Å²) in [6.07, 6.45) is 1.46. The van der Waals surface area contributed by atoms with Gasteiger partial charge in [-0.15, -0.1) is 0 Å². The fourth-order valence-electron chi connectivity index (χ4n) is 3.35. The van der Waals surface area contributed by atoms with Crippen LogP contribution in [0, 0.1) is 9.39 Å². The number of ether oxygens (including phenoxy) is 2. The van der Waals surface area contributed by atoms with Gasteiger partial charge in [0.25, 0.3) is 17.7 Å². The van der Waals surface area contributed by atoms with E-state index in [-0.39, 0.29) is 12.2 Å². The molecule has 10 heteroatoms. The standard InChI is InChI=1S/C25H19FIN3O5/c1-34-21-12-15(10-19-24(32)29-30(25(19)33)18-8-3-2-4-9-18)11-20(27)23(21)35-14-22(31)28-17-7-5-6-16(26)13-17/h2-13H,14H2,1H3,(H,28,31)(H,29,32)/b19-10-. The lowest BCUT2D eigenvalue weighted by molar-refractivity contribution is -0.118. The van der Waals surface area contributed by atoms with Crippen molar-refractivity contribution in [2.24, 2.45) is 0 Å². The second-order valence-electron chi connectivity index (χ2n) is 7.36. The predicted octanol–water partition coefficient (Wildman–Crippen LogP) is 3.92. The van der Waals surface area contributed by atoms with Crippen LogP contribution in [-0.2, 0) is 14.4 Å². The molecule has 1 fully saturated rings. The summed E-state index contributed by atoms with van der Waals surface area (Å²) in [4.78, 5) is 37.5. The molecule has 0 radical (unpaired) electrons. The molecule has 3 aromatic rings. The number of halogens is 2. The summed E-state index contributed by atoms with van der Waals surface area (Å²) in [5.41, 5.74) is 3.91. The summed E-state index contributed by atoms with van der Waals surface area (Å²) < 4.78 is 25.0. The normalized spacial score (nSPS) is 14.1. The van der Waals surface area contributed by atoms with Gasteiger partial charge in [0.1, 0.15) is 11.4 Å². The molecule has 1 aliphatic rings. The second-order valence-corrected chi connectivity index (χ2v) is 8.52. The van der Waals surface area contributed by atoms with Crippen molar-refractivity contribution in [1.29, 1.82) is 0 Å². The third-order valence-corrected chi connectivity index (χ3v) is 5.73. The highest BCUT2D eigenvalue weighted by Gasteiger charge is 2.34. The Morgan fingerprint density at radius 2 is 1.89 bits per heavy atom. The van der Waals surface area contributed by atoms with E-state index in [1.54, 1.807) is 42.5 Å². The van der Waals surface area contributed by atoms with Crippen molar-refractivity contribution in [2.75, 3.05) is 24.0 Å². The number of anilines is 2. The minimum atomic E-state index is -0.526. The maximum absolute atomic E-state index is 13.3. The van der Waals surface area contributed by atoms with Gasteiger partial charge in [-0.25, -0.2) is 9.40 Å². The molecule has 0 aromatic heterocycles. The van der Waals surface area contributed by atoms with Gasteiger partial charge in [0.2, 0.25) is 0 Å². The van der Waals surface area contributed by atoms with Gasteiger partial charge in [-0.2, -0.15) is 0 Å². The van der Waals surface area contributed by atoms with Gasteiger partial charge in [0.15, 0.2) is 18.1 Å². The first-order valence-electron chi connectivity index (χ1n) is 10.3. The van der Waals surface area contributed by atoms with Gasteiger partial charge >= 0.3 is 0 Å². The van der Waals surface area contributed by atoms with Crippen LogP contribution in [0.1, 0.15) is 5.56 Å². The maximum Gasteiger partial charge on any atom is 0.282 e. The molecule has 3 aromatic carbocycles. The van der Waals surface area contributed by atoms with Crippen molar-refractivity contribution in [3.05, 3.63) is 87.3 Å². The molecule has 4 rings (SSSR count). The van der Waals surface area contributed by atoms with E-state index in [0.717, 1.165) is 0 Å². The Balaban J connectivity index is 1.50. The smallest absolute Gasteiger partial charge is 0.282 e. The van der Waals surface area contributed by atoms with Crippen LogP contribution in [0.4, 0.5) is 15.8 Å². The Labute approximate surface area is 213 Å². The maximum atomic E-state index is 13.3. The number of carbonyl (C=O) groups excluding carboxylic acids is 3. The number of nitrogens with one attached hydrogen (secondary N) is 2. The number of hydrazine groups is 1. The Kier molecular flexibility index (Phi) is 7.30. The summed E-state index contributed by atoms with van der Waals surface area (Å²) in [6.45, 7) is -0.337. The molecule has 0 bridgehead atoms. The van der Waals surface area contributed by atoms with Gasteiger partial charge < -0.3 is 14.8 Å². The lowest BCUT2D eigenvalue weighted by atomic mass is 10.1. The van der Waals surface area contributed by atoms with Crippen molar-refractivity contribution >= 4 is 57.8 Å². The fourth-order valence-corrected chi connectivity index (χ4v) is 4.13. The van der Waals surface area contributed by atoms with E-state index in [1.807, 2.05) is 28.7 Å². The molecule has 0 saturated carbocycles. The van der Waals surface area contributed by atoms with Crippen molar-refractivity contribution in [2.45, 2.75) is 0 Å². The Morgan fingerprint density at radius 3 is 2.60 bits per heavy atom. The summed E-state index contributed by atoms with van der Waals surface area (Å²) in [7, 11) is 1.44. The zero-order chi connectivity index (χ0) is 24.9. The molecule has 0 spiro atoms. The monoisotopic (exact) mass is 587 g/mol. The number of methoxy groups -OCH3 is 1. The van der Waals surface area contributed by atoms with E-state index >= 15 is 0 Å². The lowest BCUT2D eigenvalue weighted by Gasteiger charge is -2.14. The molecule has 2 N–H and O–H groups in total. The van der Waals surface area contributed by atoms with Crippen LogP contribution in [0.15, 0.2) is 72.3 Å². The van der Waals surface area contributed by atoms with Crippen molar-refractivity contribution in [1.82, 2.24) is 5.43 Å². The number of amides is 3. The first-order chi connectivity index (χ1) is 16.9. The molecule has 1 saturated heterocycles. The van der Waals surface area contributed by atoms with E-state index in [4.69, 9.17) is 9.47 Å². The van der Waals surface area contributed by atoms with Gasteiger partial charge in [-0.3, -0.25) is 19.8 Å². The minimum Gasteiger partial charge on any atom is -0.493 e. The Hall–Kier alpha value is -3.93. The van der Waals surface area contributed by atoms with Crippen molar-refractivity contribution in [3.8, 4) is 11.5 Å². The van der Waals surface area contributed by atoms with E-state index in [1.165, 1.54) is 36.4 Å². The predicted molar refractivity (Wildman–Crippen MR) is 136 cm³/mol. The SMILES string of the molecule is COc1cc(/C=C2/C(=O)NN(c3ccccc3)C2=O)cc(I)c1OCC(=O)Nc1cccc(F)c1. The van der Waals surface area contributed by atoms with Crippen LogP contribution >= 0.6 is 22.6 Å². The molecule has 8 nitrogen and oxygen atoms in total. The highest BCUT2D eigenvalue weighted by Crippen LogP contribution is 2.35. The fraction of sp³-hybridized carbons (Fsp3) is 0.0800. The molecule has 0 atom stereocenters. The van der Waals surface area contributed by atoms with Crippen LogP contribution in [0.25, 0.3) is 6.08 Å². The number of para-hydroxylation sites is 1. The van der Waals surface area contributed by atoms with Crippen molar-refractivity contribution < 1.29 is 28.2 Å². The first kappa shape index (κ1) is 24.2. The molecule has 0 aliphatic carbocycles. The van der Waals surface area contributed by atoms with Gasteiger partial charge in [-0.1, -0.05) is 24.3 Å². The van der Waals surface area contributed by atoms with Crippen LogP contribution in [0.5, 0.6) is 11.5 Å². The summed E-state index contributed by atoms with van der Waals surface area (Å²) in [5, 5.41) is 3.74. The molecular weight excluding hydrogens is 568 g/mol. The van der Waals surface area contributed by atoms with Crippen LogP contribution in [0.2, 0.25) is 0 Å². The number of hydrogen-bond donors (Lipinski definition) is 2. The van der Waals surface area contributed by atoms with Crippen LogP contribution in [-0.4, -0.2) is 31.4 Å². The molecule has 0 unspecified atom stereocenters. The summed E-state index contributed by atoms with van der Waals surface area (Å²) in [6, 6.07) is 17.6. The molecule has 1 heterocycles. The van der Waals surface area contributed by atoms with E-state index in [9.17, 15) is 18.8 Å². The van der Waals surface area contributed by atoms with Crippen molar-refractivity contribution in [3.63, 3.8) is 0 Å². The molecule has 178 valence electrons.